The minimum Gasteiger partial charge on any atom is -0.437 e. The summed E-state index contributed by atoms with van der Waals surface area (Å²) in [5, 5.41) is 20.0. The molecule has 2 aromatic heterocycles. The number of ether oxygens (including phenoxy) is 1. The minimum absolute atomic E-state index is 0.133. The van der Waals surface area contributed by atoms with E-state index in [0.717, 1.165) is 5.56 Å². The van der Waals surface area contributed by atoms with Gasteiger partial charge in [-0.2, -0.15) is 4.52 Å². The van der Waals surface area contributed by atoms with E-state index in [1.54, 1.807) is 12.4 Å². The van der Waals surface area contributed by atoms with Crippen LogP contribution in [0.2, 0.25) is 0 Å². The van der Waals surface area contributed by atoms with Gasteiger partial charge in [0, 0.05) is 6.61 Å². The third kappa shape index (κ3) is 2.36. The number of aliphatic hydroxyl groups is 1. The topological polar surface area (TPSA) is 85.4 Å². The molecule has 19 heavy (non-hydrogen) atoms. The summed E-state index contributed by atoms with van der Waals surface area (Å²) in [6.07, 6.45) is 3.73. The van der Waals surface area contributed by atoms with Crippen molar-refractivity contribution < 1.29 is 9.84 Å². The number of hydrogen-bond donors (Lipinski definition) is 1. The van der Waals surface area contributed by atoms with E-state index in [9.17, 15) is 0 Å². The first kappa shape index (κ1) is 11.5. The van der Waals surface area contributed by atoms with E-state index in [-0.39, 0.29) is 6.61 Å². The molecule has 0 unspecified atom stereocenters. The fourth-order valence-electron chi connectivity index (χ4n) is 1.70. The second-order valence-corrected chi connectivity index (χ2v) is 3.91. The van der Waals surface area contributed by atoms with Gasteiger partial charge in [-0.1, -0.05) is 12.1 Å². The molecule has 0 spiro atoms. The smallest absolute Gasteiger partial charge is 0.242 e. The lowest BCUT2D eigenvalue weighted by Crippen LogP contribution is -1.97. The molecule has 3 aromatic rings. The van der Waals surface area contributed by atoms with Crippen LogP contribution in [0.25, 0.3) is 5.65 Å². The van der Waals surface area contributed by atoms with Crippen molar-refractivity contribution in [2.24, 2.45) is 0 Å². The second-order valence-electron chi connectivity index (χ2n) is 3.91. The summed E-state index contributed by atoms with van der Waals surface area (Å²) in [5.74, 6) is 1.10. The molecule has 2 heterocycles. The molecule has 0 amide bonds. The fraction of sp³-hybridized carbons (Fsp3) is 0.167. The van der Waals surface area contributed by atoms with Gasteiger partial charge in [0.15, 0.2) is 0 Å². The van der Waals surface area contributed by atoms with Gasteiger partial charge in [-0.15, -0.1) is 5.10 Å². The van der Waals surface area contributed by atoms with E-state index >= 15 is 0 Å². The molecular weight excluding hydrogens is 246 g/mol. The monoisotopic (exact) mass is 257 g/mol. The van der Waals surface area contributed by atoms with Crippen LogP contribution in [-0.4, -0.2) is 36.7 Å². The van der Waals surface area contributed by atoms with Gasteiger partial charge >= 0.3 is 0 Å². The van der Waals surface area contributed by atoms with Crippen molar-refractivity contribution in [2.45, 2.75) is 6.42 Å². The number of hydrogen-bond acceptors (Lipinski definition) is 6. The van der Waals surface area contributed by atoms with Crippen molar-refractivity contribution in [3.63, 3.8) is 0 Å². The van der Waals surface area contributed by atoms with Crippen molar-refractivity contribution in [3.8, 4) is 11.6 Å². The van der Waals surface area contributed by atoms with Crippen molar-refractivity contribution >= 4 is 5.65 Å². The lowest BCUT2D eigenvalue weighted by Gasteiger charge is -2.06. The zero-order valence-electron chi connectivity index (χ0n) is 9.97. The summed E-state index contributed by atoms with van der Waals surface area (Å²) in [6.45, 7) is 0.133. The van der Waals surface area contributed by atoms with Crippen LogP contribution < -0.4 is 4.74 Å². The molecule has 0 aliphatic rings. The van der Waals surface area contributed by atoms with Gasteiger partial charge in [0.25, 0.3) is 0 Å². The number of nitrogens with zero attached hydrogens (tertiary/aromatic N) is 5. The van der Waals surface area contributed by atoms with E-state index in [4.69, 9.17) is 9.84 Å². The van der Waals surface area contributed by atoms with Gasteiger partial charge in [-0.05, 0) is 34.5 Å². The van der Waals surface area contributed by atoms with Gasteiger partial charge in [-0.25, -0.2) is 0 Å². The summed E-state index contributed by atoms with van der Waals surface area (Å²) < 4.78 is 7.15. The van der Waals surface area contributed by atoms with Crippen LogP contribution in [0.3, 0.4) is 0 Å². The standard InChI is InChI=1S/C12H11N5O2/c18-6-5-9-1-3-10(4-2-9)19-12-8-13-7-11-14-15-16-17(11)12/h1-4,7-8,18H,5-6H2. The molecule has 7 heteroatoms. The molecule has 0 radical (unpaired) electrons. The first-order chi connectivity index (χ1) is 9.36. The Balaban J connectivity index is 1.86. The number of aromatic nitrogens is 5. The number of aliphatic hydroxyl groups excluding tert-OH is 1. The SMILES string of the molecule is OCCc1ccc(Oc2cncc3nnnn23)cc1. The molecule has 96 valence electrons. The highest BCUT2D eigenvalue weighted by molar-refractivity contribution is 5.36. The van der Waals surface area contributed by atoms with Crippen LogP contribution in [0.4, 0.5) is 0 Å². The molecule has 0 saturated heterocycles. The Hall–Kier alpha value is -2.54. The quantitative estimate of drug-likeness (QED) is 0.745. The average molecular weight is 257 g/mol. The van der Waals surface area contributed by atoms with Crippen molar-refractivity contribution in [1.29, 1.82) is 0 Å². The Morgan fingerprint density at radius 3 is 2.79 bits per heavy atom. The number of fused-ring (bicyclic) bond motifs is 1. The van der Waals surface area contributed by atoms with Gasteiger partial charge in [0.1, 0.15) is 5.75 Å². The molecule has 7 nitrogen and oxygen atoms in total. The molecule has 0 fully saturated rings. The Morgan fingerprint density at radius 1 is 1.16 bits per heavy atom. The second kappa shape index (κ2) is 4.99. The summed E-state index contributed by atoms with van der Waals surface area (Å²) in [5.41, 5.74) is 1.57. The maximum atomic E-state index is 8.85. The first-order valence-corrected chi connectivity index (χ1v) is 5.76. The Bertz CT molecular complexity index is 680. The summed E-state index contributed by atoms with van der Waals surface area (Å²) in [4.78, 5) is 4.01. The van der Waals surface area contributed by atoms with Crippen LogP contribution in [-0.2, 0) is 6.42 Å². The van der Waals surface area contributed by atoms with E-state index in [1.807, 2.05) is 24.3 Å². The highest BCUT2D eigenvalue weighted by atomic mass is 16.5. The van der Waals surface area contributed by atoms with Gasteiger partial charge in [0.05, 0.1) is 12.4 Å². The average Bonchev–Trinajstić information content (AvgIpc) is 2.91. The highest BCUT2D eigenvalue weighted by Gasteiger charge is 2.06. The molecule has 0 aliphatic heterocycles. The van der Waals surface area contributed by atoms with Crippen LogP contribution in [0, 0.1) is 0 Å². The molecule has 0 atom stereocenters. The summed E-state index contributed by atoms with van der Waals surface area (Å²) in [6, 6.07) is 7.46. The Morgan fingerprint density at radius 2 is 2.00 bits per heavy atom. The molecule has 1 aromatic carbocycles. The van der Waals surface area contributed by atoms with E-state index in [1.165, 1.54) is 4.52 Å². The molecule has 0 aliphatic carbocycles. The van der Waals surface area contributed by atoms with Crippen LogP contribution in [0.5, 0.6) is 11.6 Å². The van der Waals surface area contributed by atoms with Gasteiger partial charge in [0.2, 0.25) is 11.5 Å². The van der Waals surface area contributed by atoms with Crippen LogP contribution >= 0.6 is 0 Å². The zero-order chi connectivity index (χ0) is 13.1. The zero-order valence-corrected chi connectivity index (χ0v) is 9.97. The predicted octanol–water partition coefficient (Wildman–Crippen LogP) is 0.846. The lowest BCUT2D eigenvalue weighted by molar-refractivity contribution is 0.299. The molecular formula is C12H11N5O2. The lowest BCUT2D eigenvalue weighted by atomic mass is 10.1. The fourth-order valence-corrected chi connectivity index (χ4v) is 1.70. The predicted molar refractivity (Wildman–Crippen MR) is 65.9 cm³/mol. The normalized spacial score (nSPS) is 10.8. The van der Waals surface area contributed by atoms with Crippen molar-refractivity contribution in [2.75, 3.05) is 6.61 Å². The molecule has 0 bridgehead atoms. The maximum absolute atomic E-state index is 8.85. The maximum Gasteiger partial charge on any atom is 0.242 e. The Labute approximate surface area is 108 Å². The van der Waals surface area contributed by atoms with E-state index < -0.39 is 0 Å². The summed E-state index contributed by atoms with van der Waals surface area (Å²) >= 11 is 0. The van der Waals surface area contributed by atoms with Gasteiger partial charge in [-0.3, -0.25) is 4.98 Å². The summed E-state index contributed by atoms with van der Waals surface area (Å²) in [7, 11) is 0. The number of rotatable bonds is 4. The van der Waals surface area contributed by atoms with Crippen LogP contribution in [0.1, 0.15) is 5.56 Å². The van der Waals surface area contributed by atoms with E-state index in [0.29, 0.717) is 23.7 Å². The van der Waals surface area contributed by atoms with Gasteiger partial charge < -0.3 is 9.84 Å². The number of benzene rings is 1. The van der Waals surface area contributed by atoms with E-state index in [2.05, 4.69) is 20.5 Å². The number of tetrazole rings is 1. The molecule has 1 N–H and O–H groups in total. The largest absolute Gasteiger partial charge is 0.437 e. The van der Waals surface area contributed by atoms with Crippen molar-refractivity contribution in [3.05, 3.63) is 42.2 Å². The Kier molecular flexibility index (Phi) is 3.03. The third-order valence-corrected chi connectivity index (χ3v) is 2.62. The molecule has 0 saturated carbocycles. The van der Waals surface area contributed by atoms with Crippen molar-refractivity contribution in [1.82, 2.24) is 25.0 Å². The highest BCUT2D eigenvalue weighted by Crippen LogP contribution is 2.20. The first-order valence-electron chi connectivity index (χ1n) is 5.76. The van der Waals surface area contributed by atoms with Crippen LogP contribution in [0.15, 0.2) is 36.7 Å². The molecule has 3 rings (SSSR count). The third-order valence-electron chi connectivity index (χ3n) is 2.62. The minimum atomic E-state index is 0.133.